The van der Waals surface area contributed by atoms with E-state index in [0.29, 0.717) is 30.8 Å². The van der Waals surface area contributed by atoms with Crippen molar-refractivity contribution in [3.05, 3.63) is 65.5 Å². The first-order chi connectivity index (χ1) is 14.0. The van der Waals surface area contributed by atoms with Gasteiger partial charge in [0.15, 0.2) is 0 Å². The molecule has 2 heterocycles. The zero-order valence-corrected chi connectivity index (χ0v) is 16.5. The standard InChI is InChI=1S/C23H26FNO4/c1-2-28-21-11-17(10-18(24)12-21)23(27)13-19-8-9-20(14-23)25(19)22(26)29-15-16-6-4-3-5-7-16/h3-7,10-12,19-20,27H,2,8-9,13-15H2,1H3. The van der Waals surface area contributed by atoms with Crippen molar-refractivity contribution in [1.82, 2.24) is 4.90 Å². The van der Waals surface area contributed by atoms with Gasteiger partial charge in [0.25, 0.3) is 0 Å². The highest BCUT2D eigenvalue weighted by molar-refractivity contribution is 5.69. The molecule has 0 aromatic heterocycles. The minimum Gasteiger partial charge on any atom is -0.494 e. The summed E-state index contributed by atoms with van der Waals surface area (Å²) >= 11 is 0. The Morgan fingerprint density at radius 2 is 1.86 bits per heavy atom. The molecule has 154 valence electrons. The summed E-state index contributed by atoms with van der Waals surface area (Å²) in [5, 5.41) is 11.3. The lowest BCUT2D eigenvalue weighted by atomic mass is 9.80. The van der Waals surface area contributed by atoms with E-state index in [1.54, 1.807) is 11.0 Å². The Bertz CT molecular complexity index is 858. The van der Waals surface area contributed by atoms with Gasteiger partial charge in [-0.3, -0.25) is 0 Å². The maximum absolute atomic E-state index is 14.1. The number of hydrogen-bond donors (Lipinski definition) is 1. The summed E-state index contributed by atoms with van der Waals surface area (Å²) in [6.45, 7) is 2.48. The average Bonchev–Trinajstić information content (AvgIpc) is 2.99. The second kappa shape index (κ2) is 8.03. The first-order valence-corrected chi connectivity index (χ1v) is 10.1. The van der Waals surface area contributed by atoms with E-state index in [9.17, 15) is 14.3 Å². The topological polar surface area (TPSA) is 59.0 Å². The molecule has 0 saturated carbocycles. The van der Waals surface area contributed by atoms with E-state index in [1.165, 1.54) is 12.1 Å². The Labute approximate surface area is 170 Å². The quantitative estimate of drug-likeness (QED) is 0.811. The number of fused-ring (bicyclic) bond motifs is 2. The Morgan fingerprint density at radius 3 is 2.52 bits per heavy atom. The molecular weight excluding hydrogens is 373 g/mol. The molecule has 0 radical (unpaired) electrons. The van der Waals surface area contributed by atoms with Crippen molar-refractivity contribution in [2.75, 3.05) is 6.61 Å². The van der Waals surface area contributed by atoms with E-state index < -0.39 is 11.4 Å². The molecular formula is C23H26FNO4. The average molecular weight is 399 g/mol. The Hall–Kier alpha value is -2.60. The second-order valence-electron chi connectivity index (χ2n) is 7.88. The lowest BCUT2D eigenvalue weighted by molar-refractivity contribution is -0.0539. The molecule has 2 saturated heterocycles. The fourth-order valence-corrected chi connectivity index (χ4v) is 4.63. The van der Waals surface area contributed by atoms with Gasteiger partial charge in [-0.2, -0.15) is 0 Å². The van der Waals surface area contributed by atoms with Crippen LogP contribution in [0.2, 0.25) is 0 Å². The largest absolute Gasteiger partial charge is 0.494 e. The Kier molecular flexibility index (Phi) is 5.46. The van der Waals surface area contributed by atoms with Crippen molar-refractivity contribution >= 4 is 6.09 Å². The fraction of sp³-hybridized carbons (Fsp3) is 0.435. The van der Waals surface area contributed by atoms with E-state index >= 15 is 0 Å². The third-order valence-electron chi connectivity index (χ3n) is 5.90. The van der Waals surface area contributed by atoms with Crippen molar-refractivity contribution < 1.29 is 23.8 Å². The van der Waals surface area contributed by atoms with Gasteiger partial charge in [-0.25, -0.2) is 9.18 Å². The molecule has 2 aromatic rings. The van der Waals surface area contributed by atoms with Gasteiger partial charge < -0.3 is 19.5 Å². The van der Waals surface area contributed by atoms with Gasteiger partial charge in [-0.05, 0) is 43.0 Å². The molecule has 2 aromatic carbocycles. The van der Waals surface area contributed by atoms with Crippen molar-refractivity contribution in [2.24, 2.45) is 0 Å². The highest BCUT2D eigenvalue weighted by Gasteiger charge is 2.50. The molecule has 1 amide bonds. The maximum atomic E-state index is 14.1. The lowest BCUT2D eigenvalue weighted by Gasteiger charge is -2.43. The fourth-order valence-electron chi connectivity index (χ4n) is 4.63. The van der Waals surface area contributed by atoms with Gasteiger partial charge >= 0.3 is 6.09 Å². The van der Waals surface area contributed by atoms with Crippen LogP contribution in [0.1, 0.15) is 43.7 Å². The van der Waals surface area contributed by atoms with Crippen LogP contribution in [0.25, 0.3) is 0 Å². The van der Waals surface area contributed by atoms with Crippen molar-refractivity contribution in [3.8, 4) is 5.75 Å². The third-order valence-corrected chi connectivity index (χ3v) is 5.90. The van der Waals surface area contributed by atoms with Gasteiger partial charge in [-0.15, -0.1) is 0 Å². The number of hydrogen-bond acceptors (Lipinski definition) is 4. The molecule has 2 fully saturated rings. The number of aliphatic hydroxyl groups is 1. The summed E-state index contributed by atoms with van der Waals surface area (Å²) in [7, 11) is 0. The highest BCUT2D eigenvalue weighted by atomic mass is 19.1. The molecule has 6 heteroatoms. The number of carbonyl (C=O) groups excluding carboxylic acids is 1. The van der Waals surface area contributed by atoms with Gasteiger partial charge in [0.1, 0.15) is 18.2 Å². The van der Waals surface area contributed by atoms with Crippen molar-refractivity contribution in [1.29, 1.82) is 0 Å². The van der Waals surface area contributed by atoms with Gasteiger partial charge in [0, 0.05) is 31.0 Å². The normalized spacial score (nSPS) is 25.7. The smallest absolute Gasteiger partial charge is 0.410 e. The van der Waals surface area contributed by atoms with Crippen LogP contribution in [-0.2, 0) is 16.9 Å². The summed E-state index contributed by atoms with van der Waals surface area (Å²) in [5.74, 6) is -0.0237. The summed E-state index contributed by atoms with van der Waals surface area (Å²) in [6.07, 6.45) is 1.98. The van der Waals surface area contributed by atoms with E-state index in [4.69, 9.17) is 9.47 Å². The number of halogens is 1. The highest BCUT2D eigenvalue weighted by Crippen LogP contribution is 2.46. The first-order valence-electron chi connectivity index (χ1n) is 10.1. The molecule has 2 aliphatic rings. The van der Waals surface area contributed by atoms with Gasteiger partial charge in [-0.1, -0.05) is 30.3 Å². The molecule has 0 spiro atoms. The van der Waals surface area contributed by atoms with Crippen LogP contribution in [0.5, 0.6) is 5.75 Å². The van der Waals surface area contributed by atoms with Crippen LogP contribution in [0, 0.1) is 5.82 Å². The summed E-state index contributed by atoms with van der Waals surface area (Å²) in [4.78, 5) is 14.5. The Morgan fingerprint density at radius 1 is 1.17 bits per heavy atom. The molecule has 29 heavy (non-hydrogen) atoms. The minimum absolute atomic E-state index is 0.124. The molecule has 4 rings (SSSR count). The number of piperidine rings is 1. The van der Waals surface area contributed by atoms with Crippen LogP contribution in [-0.4, -0.2) is 34.8 Å². The van der Waals surface area contributed by atoms with Crippen molar-refractivity contribution in [3.63, 3.8) is 0 Å². The summed E-state index contributed by atoms with van der Waals surface area (Å²) < 4.78 is 25.0. The summed E-state index contributed by atoms with van der Waals surface area (Å²) in [6, 6.07) is 13.7. The predicted octanol–water partition coefficient (Wildman–Crippen LogP) is 4.38. The predicted molar refractivity (Wildman–Crippen MR) is 106 cm³/mol. The zero-order chi connectivity index (χ0) is 20.4. The minimum atomic E-state index is -1.18. The van der Waals surface area contributed by atoms with E-state index in [1.807, 2.05) is 37.3 Å². The van der Waals surface area contributed by atoms with Crippen LogP contribution in [0.15, 0.2) is 48.5 Å². The number of carbonyl (C=O) groups is 1. The monoisotopic (exact) mass is 399 g/mol. The molecule has 5 nitrogen and oxygen atoms in total. The third kappa shape index (κ3) is 4.08. The Balaban J connectivity index is 1.48. The second-order valence-corrected chi connectivity index (χ2v) is 7.88. The van der Waals surface area contributed by atoms with Crippen LogP contribution >= 0.6 is 0 Å². The van der Waals surface area contributed by atoms with Crippen LogP contribution < -0.4 is 4.74 Å². The number of benzene rings is 2. The number of rotatable bonds is 5. The molecule has 0 aliphatic carbocycles. The number of nitrogens with zero attached hydrogens (tertiary/aromatic N) is 1. The van der Waals surface area contributed by atoms with Crippen LogP contribution in [0.4, 0.5) is 9.18 Å². The van der Waals surface area contributed by atoms with E-state index in [0.717, 1.165) is 18.4 Å². The van der Waals surface area contributed by atoms with E-state index in [2.05, 4.69) is 0 Å². The molecule has 2 unspecified atom stereocenters. The van der Waals surface area contributed by atoms with E-state index in [-0.39, 0.29) is 24.8 Å². The first kappa shape index (κ1) is 19.7. The van der Waals surface area contributed by atoms with Crippen LogP contribution in [0.3, 0.4) is 0 Å². The molecule has 1 N–H and O–H groups in total. The number of ether oxygens (including phenoxy) is 2. The van der Waals surface area contributed by atoms with Gasteiger partial charge in [0.2, 0.25) is 0 Å². The number of amides is 1. The maximum Gasteiger partial charge on any atom is 0.410 e. The molecule has 2 atom stereocenters. The molecule has 2 aliphatic heterocycles. The summed E-state index contributed by atoms with van der Waals surface area (Å²) in [5.41, 5.74) is 0.260. The SMILES string of the molecule is CCOc1cc(F)cc(C2(O)CC3CCC(C2)N3C(=O)OCc2ccccc2)c1. The molecule has 2 bridgehead atoms. The van der Waals surface area contributed by atoms with Gasteiger partial charge in [0.05, 0.1) is 12.2 Å². The van der Waals surface area contributed by atoms with Crippen molar-refractivity contribution in [2.45, 2.75) is 56.9 Å². The zero-order valence-electron chi connectivity index (χ0n) is 16.5. The lowest BCUT2D eigenvalue weighted by Crippen LogP contribution is -2.52.